The summed E-state index contributed by atoms with van der Waals surface area (Å²) in [4.78, 5) is 52.2. The van der Waals surface area contributed by atoms with Crippen LogP contribution in [0.3, 0.4) is 0 Å². The van der Waals surface area contributed by atoms with E-state index in [2.05, 4.69) is 10.6 Å². The molecule has 0 aromatic heterocycles. The predicted octanol–water partition coefficient (Wildman–Crippen LogP) is 5.90. The molecule has 1 aliphatic heterocycles. The fourth-order valence-corrected chi connectivity index (χ4v) is 4.08. The molecule has 0 bridgehead atoms. The molecule has 0 spiro atoms. The highest BCUT2D eigenvalue weighted by molar-refractivity contribution is 6.53. The Morgan fingerprint density at radius 2 is 1.66 bits per heavy atom. The molecule has 3 aromatic carbocycles. The second-order valence-electron chi connectivity index (χ2n) is 8.73. The molecule has 0 saturated carbocycles. The minimum Gasteiger partial charge on any atom is -0.459 e. The van der Waals surface area contributed by atoms with Gasteiger partial charge in [-0.05, 0) is 68.8 Å². The monoisotopic (exact) mass is 551 g/mol. The number of hydrogen-bond donors (Lipinski definition) is 2. The Bertz CT molecular complexity index is 1500. The largest absolute Gasteiger partial charge is 0.459 e. The number of aryl methyl sites for hydroxylation is 1. The number of amides is 3. The van der Waals surface area contributed by atoms with Crippen LogP contribution in [-0.4, -0.2) is 29.8 Å². The predicted molar refractivity (Wildman–Crippen MR) is 147 cm³/mol. The van der Waals surface area contributed by atoms with Crippen molar-refractivity contribution >= 4 is 64.0 Å². The number of carbonyl (C=O) groups is 4. The number of benzene rings is 3. The fourth-order valence-electron chi connectivity index (χ4n) is 3.69. The minimum absolute atomic E-state index is 0.132. The summed E-state index contributed by atoms with van der Waals surface area (Å²) in [6.07, 6.45) is -0.320. The Hall–Kier alpha value is -4.14. The zero-order valence-corrected chi connectivity index (χ0v) is 22.2. The molecular formula is C28H23Cl2N3O5. The van der Waals surface area contributed by atoms with Crippen molar-refractivity contribution in [3.63, 3.8) is 0 Å². The molecule has 2 N–H and O–H groups in total. The highest BCUT2D eigenvalue weighted by Crippen LogP contribution is 2.32. The lowest BCUT2D eigenvalue weighted by molar-refractivity contribution is -0.120. The summed E-state index contributed by atoms with van der Waals surface area (Å²) < 4.78 is 5.25. The molecule has 0 fully saturated rings. The first-order valence-electron chi connectivity index (χ1n) is 11.6. The molecule has 0 aliphatic carbocycles. The Morgan fingerprint density at radius 1 is 0.921 bits per heavy atom. The van der Waals surface area contributed by atoms with Crippen LogP contribution in [0.2, 0.25) is 5.02 Å². The smallest absolute Gasteiger partial charge is 0.340 e. The van der Waals surface area contributed by atoms with Gasteiger partial charge in [0.15, 0.2) is 0 Å². The van der Waals surface area contributed by atoms with Gasteiger partial charge in [-0.25, -0.2) is 9.69 Å². The Morgan fingerprint density at radius 3 is 2.37 bits per heavy atom. The van der Waals surface area contributed by atoms with Gasteiger partial charge in [0, 0.05) is 16.3 Å². The van der Waals surface area contributed by atoms with Gasteiger partial charge in [-0.1, -0.05) is 47.5 Å². The van der Waals surface area contributed by atoms with E-state index in [1.54, 1.807) is 75.4 Å². The zero-order valence-electron chi connectivity index (χ0n) is 20.7. The summed E-state index contributed by atoms with van der Waals surface area (Å²) >= 11 is 12.4. The molecule has 0 radical (unpaired) electrons. The Kier molecular flexibility index (Phi) is 7.85. The molecule has 194 valence electrons. The molecule has 0 atom stereocenters. The first-order chi connectivity index (χ1) is 18.1. The number of rotatable bonds is 7. The standard InChI is InChI=1S/C28H23Cl2N3O5/c1-15(2)38-28(37)20-9-4-5-10-22(20)32-25(34)17-7-6-8-18(13-17)31-24-23(30)26(35)33(27(24)36)19-12-11-16(3)21(29)14-19/h4-15,31H,1-3H3,(H,32,34). The van der Waals surface area contributed by atoms with E-state index in [1.165, 1.54) is 12.1 Å². The van der Waals surface area contributed by atoms with Crippen molar-refractivity contribution in [1.29, 1.82) is 0 Å². The molecule has 10 heteroatoms. The summed E-state index contributed by atoms with van der Waals surface area (Å²) in [7, 11) is 0. The van der Waals surface area contributed by atoms with Crippen molar-refractivity contribution in [2.45, 2.75) is 26.9 Å². The van der Waals surface area contributed by atoms with E-state index in [-0.39, 0.29) is 39.3 Å². The third-order valence-corrected chi connectivity index (χ3v) is 6.33. The number of carbonyl (C=O) groups excluding carboxylic acids is 4. The van der Waals surface area contributed by atoms with Gasteiger partial charge in [-0.3, -0.25) is 14.4 Å². The second-order valence-corrected chi connectivity index (χ2v) is 9.51. The van der Waals surface area contributed by atoms with Crippen molar-refractivity contribution < 1.29 is 23.9 Å². The molecule has 0 unspecified atom stereocenters. The number of para-hydroxylation sites is 1. The molecule has 4 rings (SSSR count). The quantitative estimate of drug-likeness (QED) is 0.279. The van der Waals surface area contributed by atoms with E-state index in [0.29, 0.717) is 10.7 Å². The number of esters is 1. The molecule has 1 aliphatic rings. The average molecular weight is 552 g/mol. The van der Waals surface area contributed by atoms with Crippen LogP contribution < -0.4 is 15.5 Å². The Labute approximate surface area is 229 Å². The summed E-state index contributed by atoms with van der Waals surface area (Å²) in [6.45, 7) is 5.27. The molecule has 3 amide bonds. The number of nitrogens with zero attached hydrogens (tertiary/aromatic N) is 1. The number of ether oxygens (including phenoxy) is 1. The normalized spacial score (nSPS) is 13.3. The van der Waals surface area contributed by atoms with Gasteiger partial charge in [0.2, 0.25) is 0 Å². The molecule has 3 aromatic rings. The molecule has 38 heavy (non-hydrogen) atoms. The summed E-state index contributed by atoms with van der Waals surface area (Å²) in [6, 6.07) is 17.6. The topological polar surface area (TPSA) is 105 Å². The lowest BCUT2D eigenvalue weighted by Crippen LogP contribution is -2.32. The van der Waals surface area contributed by atoms with Crippen LogP contribution in [-0.2, 0) is 14.3 Å². The van der Waals surface area contributed by atoms with Crippen LogP contribution in [0.4, 0.5) is 17.1 Å². The molecular weight excluding hydrogens is 529 g/mol. The molecule has 0 saturated heterocycles. The van der Waals surface area contributed by atoms with Crippen LogP contribution in [0.25, 0.3) is 0 Å². The molecule has 8 nitrogen and oxygen atoms in total. The lowest BCUT2D eigenvalue weighted by atomic mass is 10.1. The summed E-state index contributed by atoms with van der Waals surface area (Å²) in [5, 5.41) is 5.68. The van der Waals surface area contributed by atoms with Crippen molar-refractivity contribution in [3.8, 4) is 0 Å². The number of halogens is 2. The SMILES string of the molecule is Cc1ccc(N2C(=O)C(Cl)=C(Nc3cccc(C(=O)Nc4ccccc4C(=O)OC(C)C)c3)C2=O)cc1Cl. The van der Waals surface area contributed by atoms with Crippen molar-refractivity contribution in [3.05, 3.63) is 99.2 Å². The van der Waals surface area contributed by atoms with Gasteiger partial charge in [-0.15, -0.1) is 0 Å². The van der Waals surface area contributed by atoms with Crippen molar-refractivity contribution in [2.75, 3.05) is 15.5 Å². The fraction of sp³-hybridized carbons (Fsp3) is 0.143. The summed E-state index contributed by atoms with van der Waals surface area (Å²) in [5.74, 6) is -2.41. The van der Waals surface area contributed by atoms with Gasteiger partial charge in [0.25, 0.3) is 17.7 Å². The van der Waals surface area contributed by atoms with Gasteiger partial charge < -0.3 is 15.4 Å². The van der Waals surface area contributed by atoms with E-state index >= 15 is 0 Å². The van der Waals surface area contributed by atoms with Gasteiger partial charge in [0.1, 0.15) is 10.7 Å². The van der Waals surface area contributed by atoms with Gasteiger partial charge in [0.05, 0.1) is 23.0 Å². The maximum atomic E-state index is 13.1. The molecule has 1 heterocycles. The second kappa shape index (κ2) is 11.1. The van der Waals surface area contributed by atoms with E-state index in [0.717, 1.165) is 10.5 Å². The van der Waals surface area contributed by atoms with Gasteiger partial charge >= 0.3 is 5.97 Å². The van der Waals surface area contributed by atoms with E-state index in [4.69, 9.17) is 27.9 Å². The maximum Gasteiger partial charge on any atom is 0.340 e. The number of anilines is 3. The van der Waals surface area contributed by atoms with Crippen LogP contribution in [0.15, 0.2) is 77.5 Å². The van der Waals surface area contributed by atoms with Crippen molar-refractivity contribution in [2.24, 2.45) is 0 Å². The first-order valence-corrected chi connectivity index (χ1v) is 12.4. The lowest BCUT2D eigenvalue weighted by Gasteiger charge is -2.16. The first kappa shape index (κ1) is 26.9. The van der Waals surface area contributed by atoms with E-state index in [9.17, 15) is 19.2 Å². The third kappa shape index (κ3) is 5.56. The van der Waals surface area contributed by atoms with Crippen LogP contribution in [0.1, 0.15) is 40.1 Å². The van der Waals surface area contributed by atoms with Crippen LogP contribution >= 0.6 is 23.2 Å². The van der Waals surface area contributed by atoms with Crippen molar-refractivity contribution in [1.82, 2.24) is 0 Å². The minimum atomic E-state index is -0.696. The maximum absolute atomic E-state index is 13.1. The third-order valence-electron chi connectivity index (χ3n) is 5.57. The number of hydrogen-bond acceptors (Lipinski definition) is 6. The van der Waals surface area contributed by atoms with E-state index in [1.807, 2.05) is 0 Å². The van der Waals surface area contributed by atoms with E-state index < -0.39 is 23.7 Å². The highest BCUT2D eigenvalue weighted by Gasteiger charge is 2.39. The van der Waals surface area contributed by atoms with Crippen LogP contribution in [0, 0.1) is 6.92 Å². The zero-order chi connectivity index (χ0) is 27.6. The van der Waals surface area contributed by atoms with Gasteiger partial charge in [-0.2, -0.15) is 0 Å². The number of imide groups is 1. The average Bonchev–Trinajstić information content (AvgIpc) is 3.08. The van der Waals surface area contributed by atoms with Crippen LogP contribution in [0.5, 0.6) is 0 Å². The Balaban J connectivity index is 1.54. The number of nitrogens with one attached hydrogen (secondary N) is 2. The summed E-state index contributed by atoms with van der Waals surface area (Å²) in [5.41, 5.74) is 2.03. The highest BCUT2D eigenvalue weighted by atomic mass is 35.5.